The number of benzene rings is 1. The Morgan fingerprint density at radius 1 is 1.39 bits per heavy atom. The number of ether oxygens (including phenoxy) is 1. The van der Waals surface area contributed by atoms with Crippen LogP contribution in [-0.4, -0.2) is 25.8 Å². The number of halogens is 1. The van der Waals surface area contributed by atoms with Gasteiger partial charge in [-0.3, -0.25) is 0 Å². The summed E-state index contributed by atoms with van der Waals surface area (Å²) in [5, 5.41) is 3.61. The van der Waals surface area contributed by atoms with Crippen LogP contribution in [-0.2, 0) is 11.2 Å². The maximum Gasteiger partial charge on any atom is 0.0495 e. The van der Waals surface area contributed by atoms with E-state index in [0.717, 1.165) is 36.6 Å². The minimum Gasteiger partial charge on any atom is -0.381 e. The van der Waals surface area contributed by atoms with Crippen molar-refractivity contribution in [3.63, 3.8) is 0 Å². The van der Waals surface area contributed by atoms with Gasteiger partial charge in [-0.2, -0.15) is 0 Å². The predicted molar refractivity (Wildman–Crippen MR) is 78.9 cm³/mol. The number of rotatable bonds is 6. The van der Waals surface area contributed by atoms with Gasteiger partial charge < -0.3 is 10.1 Å². The fourth-order valence-corrected chi connectivity index (χ4v) is 2.66. The molecule has 1 heterocycles. The third-order valence-corrected chi connectivity index (χ3v) is 4.05. The molecule has 2 unspecified atom stereocenters. The van der Waals surface area contributed by atoms with E-state index in [1.807, 2.05) is 0 Å². The zero-order valence-electron chi connectivity index (χ0n) is 11.0. The largest absolute Gasteiger partial charge is 0.381 e. The molecule has 3 heteroatoms. The Labute approximate surface area is 118 Å². The van der Waals surface area contributed by atoms with Crippen LogP contribution in [0, 0.1) is 5.92 Å². The Bertz CT molecular complexity index is 346. The van der Waals surface area contributed by atoms with Crippen LogP contribution >= 0.6 is 15.9 Å². The average Bonchev–Trinajstić information content (AvgIpc) is 2.85. The lowest BCUT2D eigenvalue weighted by Crippen LogP contribution is -2.30. The highest BCUT2D eigenvalue weighted by molar-refractivity contribution is 9.10. The predicted octanol–water partition coefficient (Wildman–Crippen LogP) is 3.40. The van der Waals surface area contributed by atoms with Gasteiger partial charge in [0.15, 0.2) is 0 Å². The van der Waals surface area contributed by atoms with E-state index in [0.29, 0.717) is 6.04 Å². The van der Waals surface area contributed by atoms with Crippen molar-refractivity contribution in [1.82, 2.24) is 5.32 Å². The van der Waals surface area contributed by atoms with Crippen molar-refractivity contribution < 1.29 is 4.74 Å². The third kappa shape index (κ3) is 4.71. The highest BCUT2D eigenvalue weighted by Gasteiger charge is 2.15. The second-order valence-electron chi connectivity index (χ2n) is 5.20. The Kier molecular flexibility index (Phi) is 5.67. The minimum atomic E-state index is 0.536. The summed E-state index contributed by atoms with van der Waals surface area (Å²) in [6.07, 6.45) is 3.57. The summed E-state index contributed by atoms with van der Waals surface area (Å²) < 4.78 is 6.54. The lowest BCUT2D eigenvalue weighted by molar-refractivity contribution is 0.184. The molecule has 2 rings (SSSR count). The highest BCUT2D eigenvalue weighted by atomic mass is 79.9. The van der Waals surface area contributed by atoms with Crippen molar-refractivity contribution in [2.75, 3.05) is 19.8 Å². The molecule has 0 aromatic heterocycles. The molecule has 1 saturated heterocycles. The molecule has 1 N–H and O–H groups in total. The second kappa shape index (κ2) is 7.27. The van der Waals surface area contributed by atoms with Gasteiger partial charge in [-0.15, -0.1) is 0 Å². The molecule has 0 saturated carbocycles. The first kappa shape index (κ1) is 14.0. The zero-order valence-corrected chi connectivity index (χ0v) is 12.6. The van der Waals surface area contributed by atoms with Gasteiger partial charge in [-0.1, -0.05) is 28.1 Å². The molecule has 100 valence electrons. The SMILES string of the molecule is CC(Cc1ccc(Br)cc1)NCCC1CCOC1. The van der Waals surface area contributed by atoms with E-state index in [-0.39, 0.29) is 0 Å². The quantitative estimate of drug-likeness (QED) is 0.869. The van der Waals surface area contributed by atoms with Crippen LogP contribution in [0.1, 0.15) is 25.3 Å². The van der Waals surface area contributed by atoms with Crippen molar-refractivity contribution in [3.05, 3.63) is 34.3 Å². The Morgan fingerprint density at radius 3 is 2.83 bits per heavy atom. The summed E-state index contributed by atoms with van der Waals surface area (Å²) in [5.74, 6) is 0.775. The van der Waals surface area contributed by atoms with E-state index >= 15 is 0 Å². The summed E-state index contributed by atoms with van der Waals surface area (Å²) in [4.78, 5) is 0. The molecule has 0 aliphatic carbocycles. The molecule has 2 atom stereocenters. The number of hydrogen-bond donors (Lipinski definition) is 1. The molecule has 1 aliphatic heterocycles. The van der Waals surface area contributed by atoms with E-state index < -0.39 is 0 Å². The highest BCUT2D eigenvalue weighted by Crippen LogP contribution is 2.15. The smallest absolute Gasteiger partial charge is 0.0495 e. The maximum absolute atomic E-state index is 5.39. The lowest BCUT2D eigenvalue weighted by atomic mass is 10.0. The number of hydrogen-bond acceptors (Lipinski definition) is 2. The summed E-state index contributed by atoms with van der Waals surface area (Å²) in [5.41, 5.74) is 1.39. The van der Waals surface area contributed by atoms with Crippen LogP contribution in [0.15, 0.2) is 28.7 Å². The average molecular weight is 312 g/mol. The van der Waals surface area contributed by atoms with E-state index in [1.165, 1.54) is 18.4 Å². The molecule has 1 aromatic rings. The summed E-state index contributed by atoms with van der Waals surface area (Å²) >= 11 is 3.46. The van der Waals surface area contributed by atoms with Crippen LogP contribution < -0.4 is 5.32 Å². The molecule has 0 bridgehead atoms. The lowest BCUT2D eigenvalue weighted by Gasteiger charge is -2.15. The normalized spacial score (nSPS) is 21.1. The van der Waals surface area contributed by atoms with Crippen molar-refractivity contribution in [1.29, 1.82) is 0 Å². The third-order valence-electron chi connectivity index (χ3n) is 3.52. The molecule has 2 nitrogen and oxygen atoms in total. The first-order chi connectivity index (χ1) is 8.74. The van der Waals surface area contributed by atoms with Gasteiger partial charge in [-0.05, 0) is 56.3 Å². The Morgan fingerprint density at radius 2 is 2.17 bits per heavy atom. The molecular weight excluding hydrogens is 290 g/mol. The van der Waals surface area contributed by atoms with Crippen LogP contribution in [0.2, 0.25) is 0 Å². The molecule has 18 heavy (non-hydrogen) atoms. The van der Waals surface area contributed by atoms with E-state index in [2.05, 4.69) is 52.4 Å². The van der Waals surface area contributed by atoms with Gasteiger partial charge in [0.1, 0.15) is 0 Å². The Balaban J connectivity index is 1.65. The summed E-state index contributed by atoms with van der Waals surface area (Å²) in [6.45, 7) is 5.28. The first-order valence-corrected chi connectivity index (χ1v) is 7.59. The first-order valence-electron chi connectivity index (χ1n) is 6.79. The molecular formula is C15H22BrNO. The fourth-order valence-electron chi connectivity index (χ4n) is 2.39. The summed E-state index contributed by atoms with van der Waals surface area (Å²) in [6, 6.07) is 9.13. The van der Waals surface area contributed by atoms with Crippen LogP contribution in [0.25, 0.3) is 0 Å². The standard InChI is InChI=1S/C15H22BrNO/c1-12(10-13-2-4-15(16)5-3-13)17-8-6-14-7-9-18-11-14/h2-5,12,14,17H,6-11H2,1H3. The maximum atomic E-state index is 5.39. The van der Waals surface area contributed by atoms with Crippen molar-refractivity contribution in [3.8, 4) is 0 Å². The van der Waals surface area contributed by atoms with Crippen molar-refractivity contribution in [2.24, 2.45) is 5.92 Å². The summed E-state index contributed by atoms with van der Waals surface area (Å²) in [7, 11) is 0. The molecule has 0 amide bonds. The van der Waals surface area contributed by atoms with Gasteiger partial charge in [-0.25, -0.2) is 0 Å². The van der Waals surface area contributed by atoms with Crippen molar-refractivity contribution in [2.45, 2.75) is 32.2 Å². The fraction of sp³-hybridized carbons (Fsp3) is 0.600. The van der Waals surface area contributed by atoms with Gasteiger partial charge in [0.2, 0.25) is 0 Å². The van der Waals surface area contributed by atoms with E-state index in [1.54, 1.807) is 0 Å². The van der Waals surface area contributed by atoms with Gasteiger partial charge >= 0.3 is 0 Å². The molecule has 1 aliphatic rings. The molecule has 1 fully saturated rings. The topological polar surface area (TPSA) is 21.3 Å². The van der Waals surface area contributed by atoms with E-state index in [9.17, 15) is 0 Å². The van der Waals surface area contributed by atoms with E-state index in [4.69, 9.17) is 4.74 Å². The Hall–Kier alpha value is -0.380. The second-order valence-corrected chi connectivity index (χ2v) is 6.12. The van der Waals surface area contributed by atoms with Crippen LogP contribution in [0.4, 0.5) is 0 Å². The van der Waals surface area contributed by atoms with Crippen LogP contribution in [0.3, 0.4) is 0 Å². The zero-order chi connectivity index (χ0) is 12.8. The minimum absolute atomic E-state index is 0.536. The van der Waals surface area contributed by atoms with Gasteiger partial charge in [0.05, 0.1) is 0 Å². The molecule has 0 radical (unpaired) electrons. The molecule has 1 aromatic carbocycles. The number of nitrogens with one attached hydrogen (secondary N) is 1. The van der Waals surface area contributed by atoms with Crippen molar-refractivity contribution >= 4 is 15.9 Å². The van der Waals surface area contributed by atoms with Crippen LogP contribution in [0.5, 0.6) is 0 Å². The van der Waals surface area contributed by atoms with Gasteiger partial charge in [0, 0.05) is 23.7 Å². The monoisotopic (exact) mass is 311 g/mol. The van der Waals surface area contributed by atoms with Gasteiger partial charge in [0.25, 0.3) is 0 Å². The molecule has 0 spiro atoms.